The van der Waals surface area contributed by atoms with Crippen molar-refractivity contribution in [1.82, 2.24) is 4.90 Å². The highest BCUT2D eigenvalue weighted by Gasteiger charge is 2.35. The van der Waals surface area contributed by atoms with Crippen LogP contribution in [0.25, 0.3) is 0 Å². The largest absolute Gasteiger partial charge is 0.339 e. The average Bonchev–Trinajstić information content (AvgIpc) is 2.44. The van der Waals surface area contributed by atoms with E-state index in [1.54, 1.807) is 0 Å². The van der Waals surface area contributed by atoms with Crippen LogP contribution in [0.3, 0.4) is 0 Å². The highest BCUT2D eigenvalue weighted by atomic mass is 16.2. The fraction of sp³-hybridized carbons (Fsp3) is 0.941. The fourth-order valence-corrected chi connectivity index (χ4v) is 4.04. The molecule has 0 bridgehead atoms. The Balaban J connectivity index is 1.87. The molecule has 20 heavy (non-hydrogen) atoms. The molecule has 3 heteroatoms. The van der Waals surface area contributed by atoms with Gasteiger partial charge in [-0.05, 0) is 56.4 Å². The van der Waals surface area contributed by atoms with Gasteiger partial charge in [0.25, 0.3) is 0 Å². The van der Waals surface area contributed by atoms with Crippen LogP contribution in [0.5, 0.6) is 0 Å². The molecule has 2 N–H and O–H groups in total. The van der Waals surface area contributed by atoms with Crippen molar-refractivity contribution >= 4 is 5.91 Å². The second-order valence-corrected chi connectivity index (χ2v) is 7.54. The van der Waals surface area contributed by atoms with Gasteiger partial charge in [0.2, 0.25) is 5.91 Å². The summed E-state index contributed by atoms with van der Waals surface area (Å²) in [4.78, 5) is 14.8. The molecule has 1 saturated carbocycles. The van der Waals surface area contributed by atoms with Gasteiger partial charge in [-0.2, -0.15) is 0 Å². The minimum Gasteiger partial charge on any atom is -0.339 e. The molecular weight excluding hydrogens is 248 g/mol. The van der Waals surface area contributed by atoms with E-state index in [1.165, 1.54) is 38.5 Å². The van der Waals surface area contributed by atoms with Crippen LogP contribution in [0.1, 0.15) is 71.6 Å². The third-order valence-electron chi connectivity index (χ3n) is 5.40. The topological polar surface area (TPSA) is 46.3 Å². The molecule has 1 heterocycles. The van der Waals surface area contributed by atoms with E-state index in [4.69, 9.17) is 5.73 Å². The Bertz CT molecular complexity index is 325. The molecule has 2 rings (SSSR count). The molecule has 0 aromatic heterocycles. The van der Waals surface area contributed by atoms with Crippen LogP contribution in [-0.4, -0.2) is 29.9 Å². The summed E-state index contributed by atoms with van der Waals surface area (Å²) in [5.74, 6) is 1.19. The summed E-state index contributed by atoms with van der Waals surface area (Å²) in [6.07, 6.45) is 10.5. The van der Waals surface area contributed by atoms with Gasteiger partial charge >= 0.3 is 0 Å². The van der Waals surface area contributed by atoms with Crippen LogP contribution in [0.2, 0.25) is 0 Å². The maximum Gasteiger partial charge on any atom is 0.222 e. The number of piperidine rings is 1. The lowest BCUT2D eigenvalue weighted by atomic mass is 9.78. The molecule has 1 amide bonds. The maximum absolute atomic E-state index is 12.6. The van der Waals surface area contributed by atoms with Gasteiger partial charge in [-0.1, -0.05) is 26.7 Å². The molecule has 3 nitrogen and oxygen atoms in total. The molecule has 1 aliphatic heterocycles. The zero-order valence-electron chi connectivity index (χ0n) is 13.4. The average molecular weight is 280 g/mol. The summed E-state index contributed by atoms with van der Waals surface area (Å²) in [5.41, 5.74) is 5.86. The van der Waals surface area contributed by atoms with E-state index >= 15 is 0 Å². The molecule has 2 fully saturated rings. The van der Waals surface area contributed by atoms with Crippen molar-refractivity contribution in [3.63, 3.8) is 0 Å². The monoisotopic (exact) mass is 280 g/mol. The van der Waals surface area contributed by atoms with Gasteiger partial charge in [0.15, 0.2) is 0 Å². The summed E-state index contributed by atoms with van der Waals surface area (Å²) in [5, 5.41) is 0. The Morgan fingerprint density at radius 1 is 1.15 bits per heavy atom. The first kappa shape index (κ1) is 15.8. The molecule has 0 radical (unpaired) electrons. The van der Waals surface area contributed by atoms with Crippen molar-refractivity contribution < 1.29 is 4.79 Å². The molecule has 0 aromatic carbocycles. The van der Waals surface area contributed by atoms with Crippen molar-refractivity contribution in [2.24, 2.45) is 17.1 Å². The van der Waals surface area contributed by atoms with Gasteiger partial charge in [0.05, 0.1) is 0 Å². The van der Waals surface area contributed by atoms with Gasteiger partial charge < -0.3 is 10.6 Å². The van der Waals surface area contributed by atoms with Gasteiger partial charge in [-0.15, -0.1) is 0 Å². The zero-order chi connectivity index (χ0) is 14.6. The van der Waals surface area contributed by atoms with Gasteiger partial charge in [-0.25, -0.2) is 0 Å². The number of fused-ring (bicyclic) bond motifs is 1. The Kier molecular flexibility index (Phi) is 5.48. The van der Waals surface area contributed by atoms with Crippen molar-refractivity contribution in [1.29, 1.82) is 0 Å². The lowest BCUT2D eigenvalue weighted by Gasteiger charge is -2.44. The zero-order valence-corrected chi connectivity index (χ0v) is 13.4. The second-order valence-electron chi connectivity index (χ2n) is 7.54. The van der Waals surface area contributed by atoms with Gasteiger partial charge in [-0.3, -0.25) is 4.79 Å². The predicted molar refractivity (Wildman–Crippen MR) is 83.4 cm³/mol. The van der Waals surface area contributed by atoms with E-state index < -0.39 is 0 Å². The molecule has 1 saturated heterocycles. The second kappa shape index (κ2) is 6.93. The quantitative estimate of drug-likeness (QED) is 0.839. The van der Waals surface area contributed by atoms with E-state index in [0.29, 0.717) is 18.4 Å². The van der Waals surface area contributed by atoms with Gasteiger partial charge in [0.1, 0.15) is 0 Å². The minimum atomic E-state index is 0.201. The Morgan fingerprint density at radius 2 is 1.85 bits per heavy atom. The van der Waals surface area contributed by atoms with Crippen LogP contribution < -0.4 is 5.73 Å². The number of rotatable bonds is 5. The molecule has 1 aliphatic carbocycles. The first-order valence-corrected chi connectivity index (χ1v) is 8.53. The highest BCUT2D eigenvalue weighted by molar-refractivity contribution is 5.76. The van der Waals surface area contributed by atoms with E-state index in [1.807, 2.05) is 0 Å². The summed E-state index contributed by atoms with van der Waals surface area (Å²) < 4.78 is 0. The number of carbonyl (C=O) groups excluding carboxylic acids is 1. The normalized spacial score (nSPS) is 27.2. The fourth-order valence-electron chi connectivity index (χ4n) is 4.04. The Labute approximate surface area is 124 Å². The van der Waals surface area contributed by atoms with Crippen molar-refractivity contribution in [3.8, 4) is 0 Å². The molecule has 0 aromatic rings. The first-order valence-electron chi connectivity index (χ1n) is 8.53. The first-order chi connectivity index (χ1) is 9.53. The number of nitrogens with zero attached hydrogens (tertiary/aromatic N) is 1. The number of likely N-dealkylation sites (tertiary alicyclic amines) is 1. The smallest absolute Gasteiger partial charge is 0.222 e. The van der Waals surface area contributed by atoms with E-state index in [9.17, 15) is 4.79 Å². The Hall–Kier alpha value is -0.570. The van der Waals surface area contributed by atoms with Crippen molar-refractivity contribution in [2.45, 2.75) is 77.7 Å². The number of carbonyl (C=O) groups is 1. The summed E-state index contributed by atoms with van der Waals surface area (Å²) in [6.45, 7) is 6.17. The summed E-state index contributed by atoms with van der Waals surface area (Å²) in [7, 11) is 0. The van der Waals surface area contributed by atoms with E-state index in [0.717, 1.165) is 31.8 Å². The molecule has 0 spiro atoms. The van der Waals surface area contributed by atoms with Crippen LogP contribution >= 0.6 is 0 Å². The lowest BCUT2D eigenvalue weighted by Crippen LogP contribution is -2.49. The third-order valence-corrected chi connectivity index (χ3v) is 5.40. The number of amides is 1. The third kappa shape index (κ3) is 3.97. The highest BCUT2D eigenvalue weighted by Crippen LogP contribution is 2.36. The predicted octanol–water partition coefficient (Wildman–Crippen LogP) is 3.32. The van der Waals surface area contributed by atoms with E-state index in [2.05, 4.69) is 18.7 Å². The molecule has 2 aliphatic rings. The van der Waals surface area contributed by atoms with Crippen LogP contribution in [0, 0.1) is 11.3 Å². The van der Waals surface area contributed by atoms with Crippen molar-refractivity contribution in [2.75, 3.05) is 13.1 Å². The van der Waals surface area contributed by atoms with E-state index in [-0.39, 0.29) is 5.41 Å². The Morgan fingerprint density at radius 3 is 2.60 bits per heavy atom. The molecule has 116 valence electrons. The van der Waals surface area contributed by atoms with Crippen LogP contribution in [-0.2, 0) is 4.79 Å². The summed E-state index contributed by atoms with van der Waals surface area (Å²) >= 11 is 0. The molecule has 2 atom stereocenters. The number of hydrogen-bond donors (Lipinski definition) is 1. The standard InChI is InChI=1S/C17H32N2O/c1-17(2,11-12-18)10-9-16(20)19-13-5-7-14-6-3-4-8-15(14)19/h14-15H,3-13,18H2,1-2H3. The number of nitrogens with two attached hydrogens (primary N) is 1. The SMILES string of the molecule is CC(C)(CCN)CCC(=O)N1CCCC2CCCCC21. The maximum atomic E-state index is 12.6. The minimum absolute atomic E-state index is 0.201. The number of hydrogen-bond acceptors (Lipinski definition) is 2. The van der Waals surface area contributed by atoms with Crippen LogP contribution in [0.15, 0.2) is 0 Å². The van der Waals surface area contributed by atoms with Crippen LogP contribution in [0.4, 0.5) is 0 Å². The lowest BCUT2D eigenvalue weighted by molar-refractivity contribution is -0.138. The summed E-state index contributed by atoms with van der Waals surface area (Å²) in [6, 6.07) is 0.558. The molecule has 2 unspecified atom stereocenters. The molecular formula is C17H32N2O. The van der Waals surface area contributed by atoms with Gasteiger partial charge in [0, 0.05) is 19.0 Å². The van der Waals surface area contributed by atoms with Crippen molar-refractivity contribution in [3.05, 3.63) is 0 Å².